The average Bonchev–Trinajstić information content (AvgIpc) is 1.98. The predicted molar refractivity (Wildman–Crippen MR) is 48.5 cm³/mol. The van der Waals surface area contributed by atoms with Crippen LogP contribution < -0.4 is 0 Å². The number of thioether (sulfide) groups is 1. The summed E-state index contributed by atoms with van der Waals surface area (Å²) in [5.41, 5.74) is 3.35. The van der Waals surface area contributed by atoms with Gasteiger partial charge in [0.2, 0.25) is 0 Å². The minimum absolute atomic E-state index is 0.851. The van der Waals surface area contributed by atoms with Gasteiger partial charge in [-0.05, 0) is 37.1 Å². The molecule has 0 aliphatic rings. The molecule has 0 atom stereocenters. The fourth-order valence-corrected chi connectivity index (χ4v) is 1.35. The number of aryl methyl sites for hydroxylation is 2. The Hall–Kier alpha value is -0.760. The Kier molecular flexibility index (Phi) is 2.71. The summed E-state index contributed by atoms with van der Waals surface area (Å²) in [6.45, 7) is 4.11. The molecule has 11 heavy (non-hydrogen) atoms. The van der Waals surface area contributed by atoms with E-state index in [-0.39, 0.29) is 0 Å². The van der Waals surface area contributed by atoms with Gasteiger partial charge in [0.25, 0.3) is 0 Å². The van der Waals surface area contributed by atoms with E-state index in [2.05, 4.69) is 6.92 Å². The van der Waals surface area contributed by atoms with Crippen LogP contribution in [0.5, 0.6) is 0 Å². The fraction of sp³-hybridized carbons (Fsp3) is 0.222. The molecule has 0 aliphatic heterocycles. The van der Waals surface area contributed by atoms with Crippen molar-refractivity contribution in [1.82, 2.24) is 0 Å². The van der Waals surface area contributed by atoms with Crippen LogP contribution in [-0.4, -0.2) is 5.62 Å². The smallest absolute Gasteiger partial charge is 0.180 e. The molecular formula is C9H10OS. The summed E-state index contributed by atoms with van der Waals surface area (Å²) < 4.78 is 0. The monoisotopic (exact) mass is 166 g/mol. The van der Waals surface area contributed by atoms with Gasteiger partial charge in [0.1, 0.15) is 0 Å². The summed E-state index contributed by atoms with van der Waals surface area (Å²) >= 11 is 1.22. The molecular weight excluding hydrogens is 156 g/mol. The summed E-state index contributed by atoms with van der Waals surface area (Å²) in [5, 5.41) is 0. The Labute approximate surface area is 70.8 Å². The molecule has 1 aromatic rings. The number of hydrogen-bond acceptors (Lipinski definition) is 2. The van der Waals surface area contributed by atoms with Crippen molar-refractivity contribution in [2.75, 3.05) is 0 Å². The molecule has 2 heteroatoms. The predicted octanol–water partition coefficient (Wildman–Crippen LogP) is 2.59. The van der Waals surface area contributed by atoms with Crippen LogP contribution in [0.1, 0.15) is 11.1 Å². The van der Waals surface area contributed by atoms with E-state index in [0.717, 1.165) is 10.5 Å². The second-order valence-electron chi connectivity index (χ2n) is 2.46. The molecule has 0 bridgehead atoms. The summed E-state index contributed by atoms with van der Waals surface area (Å²) in [6, 6.07) is 6.01. The molecule has 1 aromatic carbocycles. The minimum Gasteiger partial charge on any atom is -0.291 e. The van der Waals surface area contributed by atoms with Crippen LogP contribution in [-0.2, 0) is 4.79 Å². The Morgan fingerprint density at radius 2 is 2.00 bits per heavy atom. The van der Waals surface area contributed by atoms with E-state index in [0.29, 0.717) is 0 Å². The van der Waals surface area contributed by atoms with Crippen LogP contribution in [0, 0.1) is 13.8 Å². The van der Waals surface area contributed by atoms with Crippen LogP contribution in [0.4, 0.5) is 0 Å². The van der Waals surface area contributed by atoms with Crippen LogP contribution in [0.25, 0.3) is 0 Å². The first-order valence-electron chi connectivity index (χ1n) is 3.41. The number of rotatable bonds is 2. The van der Waals surface area contributed by atoms with Gasteiger partial charge in [-0.1, -0.05) is 17.8 Å². The third-order valence-electron chi connectivity index (χ3n) is 1.66. The molecule has 0 unspecified atom stereocenters. The van der Waals surface area contributed by atoms with Gasteiger partial charge in [0.05, 0.1) is 0 Å². The van der Waals surface area contributed by atoms with E-state index < -0.39 is 0 Å². The van der Waals surface area contributed by atoms with Crippen molar-refractivity contribution in [3.05, 3.63) is 29.3 Å². The molecule has 0 saturated carbocycles. The minimum atomic E-state index is 0.851. The summed E-state index contributed by atoms with van der Waals surface area (Å²) in [5.74, 6) is 0. The van der Waals surface area contributed by atoms with E-state index in [9.17, 15) is 4.79 Å². The zero-order chi connectivity index (χ0) is 8.27. The van der Waals surface area contributed by atoms with E-state index in [1.165, 1.54) is 22.9 Å². The highest BCUT2D eigenvalue weighted by Gasteiger charge is 1.94. The van der Waals surface area contributed by atoms with Crippen molar-refractivity contribution in [1.29, 1.82) is 0 Å². The number of hydrogen-bond donors (Lipinski definition) is 0. The van der Waals surface area contributed by atoms with Gasteiger partial charge in [-0.25, -0.2) is 0 Å². The number of benzene rings is 1. The van der Waals surface area contributed by atoms with Crippen molar-refractivity contribution in [3.8, 4) is 0 Å². The molecule has 0 saturated heterocycles. The first kappa shape index (κ1) is 8.34. The van der Waals surface area contributed by atoms with Gasteiger partial charge in [0.15, 0.2) is 5.62 Å². The highest BCUT2D eigenvalue weighted by atomic mass is 32.2. The Morgan fingerprint density at radius 3 is 2.55 bits per heavy atom. The maximum Gasteiger partial charge on any atom is 0.180 e. The SMILES string of the molecule is Cc1ccc(SC=O)cc1C. The lowest BCUT2D eigenvalue weighted by Crippen LogP contribution is -1.80. The highest BCUT2D eigenvalue weighted by molar-refractivity contribution is 8.11. The molecule has 1 nitrogen and oxygen atoms in total. The van der Waals surface area contributed by atoms with Crippen LogP contribution >= 0.6 is 11.8 Å². The molecule has 0 amide bonds. The Bertz CT molecular complexity index is 268. The summed E-state index contributed by atoms with van der Waals surface area (Å²) in [4.78, 5) is 11.2. The van der Waals surface area contributed by atoms with Crippen molar-refractivity contribution in [3.63, 3.8) is 0 Å². The lowest BCUT2D eigenvalue weighted by Gasteiger charge is -2.00. The van der Waals surface area contributed by atoms with Crippen LogP contribution in [0.15, 0.2) is 23.1 Å². The third kappa shape index (κ3) is 2.09. The van der Waals surface area contributed by atoms with Gasteiger partial charge in [0, 0.05) is 4.90 Å². The van der Waals surface area contributed by atoms with E-state index in [1.807, 2.05) is 25.1 Å². The first-order valence-corrected chi connectivity index (χ1v) is 4.29. The zero-order valence-electron chi connectivity index (χ0n) is 6.63. The molecule has 1 rings (SSSR count). The maximum absolute atomic E-state index is 10.1. The molecule has 0 aliphatic carbocycles. The lowest BCUT2D eigenvalue weighted by atomic mass is 10.1. The quantitative estimate of drug-likeness (QED) is 0.496. The number of carbonyl (C=O) groups is 1. The molecule has 0 radical (unpaired) electrons. The highest BCUT2D eigenvalue weighted by Crippen LogP contribution is 2.18. The van der Waals surface area contributed by atoms with Crippen molar-refractivity contribution in [2.24, 2.45) is 0 Å². The summed E-state index contributed by atoms with van der Waals surface area (Å²) in [6.07, 6.45) is 0. The molecule has 58 valence electrons. The van der Waals surface area contributed by atoms with Gasteiger partial charge < -0.3 is 0 Å². The lowest BCUT2D eigenvalue weighted by molar-refractivity contribution is 0.570. The third-order valence-corrected chi connectivity index (χ3v) is 2.28. The maximum atomic E-state index is 10.1. The van der Waals surface area contributed by atoms with Crippen molar-refractivity contribution in [2.45, 2.75) is 18.7 Å². The summed E-state index contributed by atoms with van der Waals surface area (Å²) in [7, 11) is 0. The van der Waals surface area contributed by atoms with E-state index in [1.54, 1.807) is 0 Å². The second kappa shape index (κ2) is 3.58. The molecule has 0 aromatic heterocycles. The average molecular weight is 166 g/mol. The van der Waals surface area contributed by atoms with Gasteiger partial charge in [-0.3, -0.25) is 4.79 Å². The normalized spacial score (nSPS) is 9.64. The largest absolute Gasteiger partial charge is 0.291 e. The topological polar surface area (TPSA) is 17.1 Å². The zero-order valence-corrected chi connectivity index (χ0v) is 7.44. The van der Waals surface area contributed by atoms with Gasteiger partial charge in [-0.2, -0.15) is 0 Å². The van der Waals surface area contributed by atoms with Crippen LogP contribution in [0.2, 0.25) is 0 Å². The Balaban J connectivity index is 2.95. The molecule has 0 fully saturated rings. The Morgan fingerprint density at radius 1 is 1.27 bits per heavy atom. The van der Waals surface area contributed by atoms with Gasteiger partial charge in [-0.15, -0.1) is 0 Å². The van der Waals surface area contributed by atoms with E-state index >= 15 is 0 Å². The van der Waals surface area contributed by atoms with Crippen molar-refractivity contribution < 1.29 is 4.79 Å². The fourth-order valence-electron chi connectivity index (χ4n) is 0.843. The number of carbonyl (C=O) groups excluding carboxylic acids is 1. The van der Waals surface area contributed by atoms with Gasteiger partial charge >= 0.3 is 0 Å². The van der Waals surface area contributed by atoms with Crippen LogP contribution in [0.3, 0.4) is 0 Å². The molecule has 0 heterocycles. The second-order valence-corrected chi connectivity index (χ2v) is 3.36. The van der Waals surface area contributed by atoms with Crippen molar-refractivity contribution >= 4 is 17.4 Å². The van der Waals surface area contributed by atoms with E-state index in [4.69, 9.17) is 0 Å². The molecule has 0 spiro atoms. The first-order chi connectivity index (χ1) is 5.24. The standard InChI is InChI=1S/C9H10OS/c1-7-3-4-9(11-6-10)5-8(7)2/h3-6H,1-2H3. The molecule has 0 N–H and O–H groups in total.